The summed E-state index contributed by atoms with van der Waals surface area (Å²) < 4.78 is 0. The average molecular weight is 216 g/mol. The van der Waals surface area contributed by atoms with Gasteiger partial charge in [-0.1, -0.05) is 19.1 Å². The van der Waals surface area contributed by atoms with Crippen molar-refractivity contribution in [1.82, 2.24) is 0 Å². The van der Waals surface area contributed by atoms with E-state index in [0.717, 1.165) is 12.2 Å². The lowest BCUT2D eigenvalue weighted by atomic mass is 9.98. The molecule has 2 nitrogen and oxygen atoms in total. The number of hydrogen-bond acceptors (Lipinski definition) is 3. The van der Waals surface area contributed by atoms with Crippen molar-refractivity contribution in [3.63, 3.8) is 0 Å². The van der Waals surface area contributed by atoms with Gasteiger partial charge in [-0.2, -0.15) is 10.5 Å². The summed E-state index contributed by atoms with van der Waals surface area (Å²) in [7, 11) is 0. The van der Waals surface area contributed by atoms with Crippen molar-refractivity contribution in [2.24, 2.45) is 0 Å². The first-order valence-electron chi connectivity index (χ1n) is 4.79. The zero-order chi connectivity index (χ0) is 11.1. The molecule has 0 spiro atoms. The van der Waals surface area contributed by atoms with E-state index in [1.54, 1.807) is 0 Å². The molecule has 1 aromatic carbocycles. The van der Waals surface area contributed by atoms with E-state index in [2.05, 4.69) is 18.4 Å². The first-order chi connectivity index (χ1) is 7.27. The van der Waals surface area contributed by atoms with Gasteiger partial charge in [0.1, 0.15) is 5.40 Å². The maximum atomic E-state index is 8.65. The van der Waals surface area contributed by atoms with Crippen LogP contribution in [0.4, 0.5) is 0 Å². The number of rotatable bonds is 4. The fourth-order valence-corrected chi connectivity index (χ4v) is 1.90. The third-order valence-electron chi connectivity index (χ3n) is 2.33. The summed E-state index contributed by atoms with van der Waals surface area (Å²) in [6.07, 6.45) is 0.990. The molecule has 0 bridgehead atoms. The minimum atomic E-state index is 0.443. The van der Waals surface area contributed by atoms with Crippen molar-refractivity contribution in [3.05, 3.63) is 35.4 Å². The number of nitrogens with zero attached hydrogens (tertiary/aromatic N) is 2. The van der Waals surface area contributed by atoms with Crippen LogP contribution in [-0.4, -0.2) is 5.75 Å². The fourth-order valence-electron chi connectivity index (χ4n) is 1.33. The summed E-state index contributed by atoms with van der Waals surface area (Å²) in [6, 6.07) is 9.74. The molecular formula is C12H12N2S. The molecule has 0 aliphatic rings. The predicted octanol–water partition coefficient (Wildman–Crippen LogP) is 3.27. The molecule has 0 N–H and O–H groups in total. The molecule has 15 heavy (non-hydrogen) atoms. The van der Waals surface area contributed by atoms with E-state index in [0.29, 0.717) is 11.5 Å². The summed E-state index contributed by atoms with van der Waals surface area (Å²) in [5, 5.41) is 19.1. The molecule has 0 amide bonds. The SMILES string of the molecule is CC(CCSC#N)c1ccc(C#N)cc1. The topological polar surface area (TPSA) is 47.6 Å². The molecule has 3 heteroatoms. The van der Waals surface area contributed by atoms with Gasteiger partial charge in [-0.15, -0.1) is 0 Å². The van der Waals surface area contributed by atoms with Crippen LogP contribution in [-0.2, 0) is 0 Å². The quantitative estimate of drug-likeness (QED) is 0.573. The van der Waals surface area contributed by atoms with Gasteiger partial charge in [-0.25, -0.2) is 0 Å². The van der Waals surface area contributed by atoms with Crippen molar-refractivity contribution in [3.8, 4) is 11.5 Å². The van der Waals surface area contributed by atoms with E-state index in [1.807, 2.05) is 24.3 Å². The zero-order valence-electron chi connectivity index (χ0n) is 8.60. The van der Waals surface area contributed by atoms with Crippen LogP contribution in [0.3, 0.4) is 0 Å². The molecule has 1 atom stereocenters. The van der Waals surface area contributed by atoms with Crippen LogP contribution in [0.2, 0.25) is 0 Å². The molecule has 0 heterocycles. The zero-order valence-corrected chi connectivity index (χ0v) is 9.42. The largest absolute Gasteiger partial charge is 0.192 e. The second kappa shape index (κ2) is 6.11. The molecule has 1 rings (SSSR count). The minimum Gasteiger partial charge on any atom is -0.192 e. The predicted molar refractivity (Wildman–Crippen MR) is 62.3 cm³/mol. The van der Waals surface area contributed by atoms with Crippen molar-refractivity contribution in [1.29, 1.82) is 10.5 Å². The highest BCUT2D eigenvalue weighted by atomic mass is 32.2. The molecule has 0 radical (unpaired) electrons. The van der Waals surface area contributed by atoms with Crippen molar-refractivity contribution >= 4 is 11.8 Å². The van der Waals surface area contributed by atoms with Gasteiger partial charge in [-0.05, 0) is 41.8 Å². The van der Waals surface area contributed by atoms with Gasteiger partial charge in [0.2, 0.25) is 0 Å². The number of nitriles is 2. The average Bonchev–Trinajstić information content (AvgIpc) is 2.29. The Balaban J connectivity index is 2.55. The molecule has 0 saturated heterocycles. The maximum absolute atomic E-state index is 8.65. The monoisotopic (exact) mass is 216 g/mol. The standard InChI is InChI=1S/C12H12N2S/c1-10(6-7-15-9-14)12-4-2-11(8-13)3-5-12/h2-5,10H,6-7H2,1H3. The van der Waals surface area contributed by atoms with Crippen molar-refractivity contribution in [2.45, 2.75) is 19.3 Å². The smallest absolute Gasteiger partial charge is 0.133 e. The van der Waals surface area contributed by atoms with Gasteiger partial charge in [0.15, 0.2) is 0 Å². The van der Waals surface area contributed by atoms with E-state index < -0.39 is 0 Å². The van der Waals surface area contributed by atoms with Crippen LogP contribution in [0.15, 0.2) is 24.3 Å². The van der Waals surface area contributed by atoms with E-state index in [9.17, 15) is 0 Å². The van der Waals surface area contributed by atoms with E-state index >= 15 is 0 Å². The molecule has 0 saturated carbocycles. The highest BCUT2D eigenvalue weighted by molar-refractivity contribution is 8.03. The molecule has 0 aliphatic heterocycles. The van der Waals surface area contributed by atoms with Crippen molar-refractivity contribution in [2.75, 3.05) is 5.75 Å². The maximum Gasteiger partial charge on any atom is 0.133 e. The van der Waals surface area contributed by atoms with Gasteiger partial charge in [-0.3, -0.25) is 0 Å². The minimum absolute atomic E-state index is 0.443. The second-order valence-corrected chi connectivity index (χ2v) is 4.24. The first kappa shape index (κ1) is 11.6. The highest BCUT2D eigenvalue weighted by Crippen LogP contribution is 2.21. The van der Waals surface area contributed by atoms with Crippen LogP contribution in [0.25, 0.3) is 0 Å². The van der Waals surface area contributed by atoms with Gasteiger partial charge in [0.25, 0.3) is 0 Å². The molecule has 1 aromatic rings. The first-order valence-corrected chi connectivity index (χ1v) is 5.77. The Kier molecular flexibility index (Phi) is 4.74. The van der Waals surface area contributed by atoms with E-state index in [4.69, 9.17) is 10.5 Å². The van der Waals surface area contributed by atoms with Crippen LogP contribution >= 0.6 is 11.8 Å². The third-order valence-corrected chi connectivity index (χ3v) is 2.90. The Hall–Kier alpha value is -1.45. The van der Waals surface area contributed by atoms with Crippen LogP contribution < -0.4 is 0 Å². The van der Waals surface area contributed by atoms with Gasteiger partial charge in [0, 0.05) is 5.75 Å². The van der Waals surface area contributed by atoms with E-state index in [-0.39, 0.29) is 0 Å². The second-order valence-electron chi connectivity index (χ2n) is 3.36. The molecule has 1 unspecified atom stereocenters. The lowest BCUT2D eigenvalue weighted by Gasteiger charge is -2.09. The van der Waals surface area contributed by atoms with Gasteiger partial charge < -0.3 is 0 Å². The molecular weight excluding hydrogens is 204 g/mol. The van der Waals surface area contributed by atoms with Crippen molar-refractivity contribution < 1.29 is 0 Å². The molecule has 0 fully saturated rings. The number of thioether (sulfide) groups is 1. The van der Waals surface area contributed by atoms with Gasteiger partial charge >= 0.3 is 0 Å². The Morgan fingerprint density at radius 1 is 1.27 bits per heavy atom. The number of thiocyanates is 1. The van der Waals surface area contributed by atoms with Gasteiger partial charge in [0.05, 0.1) is 11.6 Å². The Bertz CT molecular complexity index is 384. The summed E-state index contributed by atoms with van der Waals surface area (Å²) in [4.78, 5) is 0. The van der Waals surface area contributed by atoms with Crippen LogP contribution in [0.5, 0.6) is 0 Å². The Morgan fingerprint density at radius 3 is 2.47 bits per heavy atom. The van der Waals surface area contributed by atoms with Crippen LogP contribution in [0, 0.1) is 22.0 Å². The molecule has 0 aliphatic carbocycles. The summed E-state index contributed by atoms with van der Waals surface area (Å²) in [6.45, 7) is 2.14. The lowest BCUT2D eigenvalue weighted by molar-refractivity contribution is 0.741. The number of hydrogen-bond donors (Lipinski definition) is 0. The summed E-state index contributed by atoms with van der Waals surface area (Å²) in [5.41, 5.74) is 1.92. The van der Waals surface area contributed by atoms with E-state index in [1.165, 1.54) is 17.3 Å². The molecule has 76 valence electrons. The molecule has 0 aromatic heterocycles. The Labute approximate surface area is 94.5 Å². The Morgan fingerprint density at radius 2 is 1.93 bits per heavy atom. The highest BCUT2D eigenvalue weighted by Gasteiger charge is 2.04. The normalized spacial score (nSPS) is 11.4. The fraction of sp³-hybridized carbons (Fsp3) is 0.333. The third kappa shape index (κ3) is 3.65. The lowest BCUT2D eigenvalue weighted by Crippen LogP contribution is -1.95. The summed E-state index contributed by atoms with van der Waals surface area (Å²) >= 11 is 1.29. The summed E-state index contributed by atoms with van der Waals surface area (Å²) in [5.74, 6) is 1.30. The van der Waals surface area contributed by atoms with Crippen LogP contribution in [0.1, 0.15) is 30.4 Å². The number of benzene rings is 1.